The first-order valence-electron chi connectivity index (χ1n) is 6.91. The molecular weight excluding hydrogens is 212 g/mol. The molecule has 1 aliphatic heterocycles. The topological polar surface area (TPSA) is 41.1 Å². The number of nitrogens with one attached hydrogen (secondary N) is 2. The lowest BCUT2D eigenvalue weighted by molar-refractivity contribution is -0.122. The molecule has 0 bridgehead atoms. The van der Waals surface area contributed by atoms with Gasteiger partial charge in [-0.2, -0.15) is 0 Å². The standard InChI is InChI=1S/C14H28N2O/c1-11-12(7-6-10-15-11)16-13(17)8-5-9-14(2,3)4/h11-12,15H,5-10H2,1-4H3,(H,16,17). The lowest BCUT2D eigenvalue weighted by Gasteiger charge is -2.30. The summed E-state index contributed by atoms with van der Waals surface area (Å²) in [6, 6.07) is 0.737. The molecule has 1 saturated heterocycles. The Hall–Kier alpha value is -0.570. The van der Waals surface area contributed by atoms with Crippen LogP contribution in [0.3, 0.4) is 0 Å². The van der Waals surface area contributed by atoms with Gasteiger partial charge >= 0.3 is 0 Å². The molecule has 2 atom stereocenters. The average molecular weight is 240 g/mol. The highest BCUT2D eigenvalue weighted by molar-refractivity contribution is 5.76. The van der Waals surface area contributed by atoms with E-state index in [9.17, 15) is 4.79 Å². The molecule has 17 heavy (non-hydrogen) atoms. The number of rotatable bonds is 4. The van der Waals surface area contributed by atoms with Gasteiger partial charge in [-0.25, -0.2) is 0 Å². The molecule has 3 nitrogen and oxygen atoms in total. The molecule has 0 radical (unpaired) electrons. The van der Waals surface area contributed by atoms with Crippen LogP contribution >= 0.6 is 0 Å². The maximum absolute atomic E-state index is 11.8. The molecule has 1 aliphatic rings. The fourth-order valence-electron chi connectivity index (χ4n) is 2.30. The Kier molecular flexibility index (Phi) is 5.44. The molecule has 0 aromatic carbocycles. The summed E-state index contributed by atoms with van der Waals surface area (Å²) in [4.78, 5) is 11.8. The van der Waals surface area contributed by atoms with Crippen molar-refractivity contribution in [1.82, 2.24) is 10.6 Å². The summed E-state index contributed by atoms with van der Waals surface area (Å²) in [7, 11) is 0. The van der Waals surface area contributed by atoms with Crippen LogP contribution in [0.4, 0.5) is 0 Å². The molecule has 0 aromatic heterocycles. The second kappa shape index (κ2) is 6.39. The maximum Gasteiger partial charge on any atom is 0.220 e. The van der Waals surface area contributed by atoms with Crippen molar-refractivity contribution in [2.75, 3.05) is 6.54 Å². The zero-order valence-corrected chi connectivity index (χ0v) is 11.8. The molecule has 100 valence electrons. The zero-order valence-electron chi connectivity index (χ0n) is 11.8. The number of piperidine rings is 1. The second-order valence-electron chi connectivity index (χ2n) is 6.47. The molecule has 1 rings (SSSR count). The van der Waals surface area contributed by atoms with E-state index in [0.29, 0.717) is 23.9 Å². The van der Waals surface area contributed by atoms with E-state index >= 15 is 0 Å². The monoisotopic (exact) mass is 240 g/mol. The summed E-state index contributed by atoms with van der Waals surface area (Å²) in [5.41, 5.74) is 0.333. The largest absolute Gasteiger partial charge is 0.352 e. The van der Waals surface area contributed by atoms with Crippen LogP contribution in [0.25, 0.3) is 0 Å². The Morgan fingerprint density at radius 2 is 2.12 bits per heavy atom. The SMILES string of the molecule is CC1NCCCC1NC(=O)CCCC(C)(C)C. The molecule has 0 saturated carbocycles. The van der Waals surface area contributed by atoms with Gasteiger partial charge in [0.2, 0.25) is 5.91 Å². The number of hydrogen-bond donors (Lipinski definition) is 2. The van der Waals surface area contributed by atoms with E-state index in [0.717, 1.165) is 32.2 Å². The van der Waals surface area contributed by atoms with Crippen molar-refractivity contribution in [2.45, 2.75) is 71.9 Å². The molecule has 3 heteroatoms. The third kappa shape index (κ3) is 6.06. The van der Waals surface area contributed by atoms with Crippen molar-refractivity contribution in [3.8, 4) is 0 Å². The quantitative estimate of drug-likeness (QED) is 0.792. The van der Waals surface area contributed by atoms with Crippen LogP contribution in [-0.2, 0) is 4.79 Å². The minimum absolute atomic E-state index is 0.217. The van der Waals surface area contributed by atoms with Gasteiger partial charge in [-0.15, -0.1) is 0 Å². The van der Waals surface area contributed by atoms with Crippen molar-refractivity contribution < 1.29 is 4.79 Å². The smallest absolute Gasteiger partial charge is 0.220 e. The van der Waals surface area contributed by atoms with Gasteiger partial charge in [0.1, 0.15) is 0 Å². The number of carbonyl (C=O) groups excluding carboxylic acids is 1. The van der Waals surface area contributed by atoms with E-state index in [1.165, 1.54) is 0 Å². The molecule has 1 fully saturated rings. The normalized spacial score (nSPS) is 25.6. The highest BCUT2D eigenvalue weighted by atomic mass is 16.1. The molecule has 2 N–H and O–H groups in total. The van der Waals surface area contributed by atoms with Crippen molar-refractivity contribution in [1.29, 1.82) is 0 Å². The predicted octanol–water partition coefficient (Wildman–Crippen LogP) is 2.46. The van der Waals surface area contributed by atoms with Gasteiger partial charge < -0.3 is 10.6 Å². The summed E-state index contributed by atoms with van der Waals surface area (Å²) >= 11 is 0. The predicted molar refractivity (Wildman–Crippen MR) is 71.9 cm³/mol. The van der Waals surface area contributed by atoms with Crippen molar-refractivity contribution in [3.05, 3.63) is 0 Å². The summed E-state index contributed by atoms with van der Waals surface area (Å²) in [5.74, 6) is 0.217. The van der Waals surface area contributed by atoms with Crippen molar-refractivity contribution in [2.24, 2.45) is 5.41 Å². The summed E-state index contributed by atoms with van der Waals surface area (Å²) in [6.07, 6.45) is 5.04. The third-order valence-corrected chi connectivity index (χ3v) is 3.44. The Balaban J connectivity index is 2.20. The molecular formula is C14H28N2O. The lowest BCUT2D eigenvalue weighted by Crippen LogP contribution is -2.51. The minimum Gasteiger partial charge on any atom is -0.352 e. The van der Waals surface area contributed by atoms with Gasteiger partial charge in [0.15, 0.2) is 0 Å². The first-order valence-corrected chi connectivity index (χ1v) is 6.91. The second-order valence-corrected chi connectivity index (χ2v) is 6.47. The van der Waals surface area contributed by atoms with Crippen LogP contribution in [0.1, 0.15) is 59.8 Å². The molecule has 0 aliphatic carbocycles. The van der Waals surface area contributed by atoms with Crippen LogP contribution in [0.5, 0.6) is 0 Å². The highest BCUT2D eigenvalue weighted by Crippen LogP contribution is 2.21. The van der Waals surface area contributed by atoms with Gasteiger partial charge in [-0.05, 0) is 44.6 Å². The van der Waals surface area contributed by atoms with Gasteiger partial charge in [0, 0.05) is 18.5 Å². The third-order valence-electron chi connectivity index (χ3n) is 3.44. The van der Waals surface area contributed by atoms with E-state index < -0.39 is 0 Å². The van der Waals surface area contributed by atoms with E-state index in [1.807, 2.05) is 0 Å². The number of carbonyl (C=O) groups is 1. The first-order chi connectivity index (χ1) is 7.88. The van der Waals surface area contributed by atoms with E-state index in [1.54, 1.807) is 0 Å². The Bertz CT molecular complexity index is 245. The minimum atomic E-state index is 0.217. The summed E-state index contributed by atoms with van der Waals surface area (Å²) in [6.45, 7) is 9.89. The Morgan fingerprint density at radius 3 is 2.71 bits per heavy atom. The average Bonchev–Trinajstić information content (AvgIpc) is 2.19. The molecule has 2 unspecified atom stereocenters. The lowest BCUT2D eigenvalue weighted by atomic mass is 9.90. The van der Waals surface area contributed by atoms with Crippen LogP contribution in [0, 0.1) is 5.41 Å². The number of hydrogen-bond acceptors (Lipinski definition) is 2. The van der Waals surface area contributed by atoms with Crippen LogP contribution < -0.4 is 10.6 Å². The fraction of sp³-hybridized carbons (Fsp3) is 0.929. The zero-order chi connectivity index (χ0) is 12.9. The van der Waals surface area contributed by atoms with E-state index in [-0.39, 0.29) is 5.91 Å². The van der Waals surface area contributed by atoms with Crippen molar-refractivity contribution >= 4 is 5.91 Å². The Labute approximate surface area is 106 Å². The maximum atomic E-state index is 11.8. The fourth-order valence-corrected chi connectivity index (χ4v) is 2.30. The first kappa shape index (κ1) is 14.5. The van der Waals surface area contributed by atoms with Crippen LogP contribution in [0.2, 0.25) is 0 Å². The molecule has 0 aromatic rings. The van der Waals surface area contributed by atoms with Gasteiger partial charge in [-0.1, -0.05) is 20.8 Å². The van der Waals surface area contributed by atoms with Gasteiger partial charge in [0.05, 0.1) is 0 Å². The molecule has 1 amide bonds. The van der Waals surface area contributed by atoms with Crippen molar-refractivity contribution in [3.63, 3.8) is 0 Å². The summed E-state index contributed by atoms with van der Waals surface area (Å²) < 4.78 is 0. The molecule has 1 heterocycles. The number of amides is 1. The van der Waals surface area contributed by atoms with Crippen LogP contribution in [-0.4, -0.2) is 24.5 Å². The van der Waals surface area contributed by atoms with E-state index in [2.05, 4.69) is 38.3 Å². The highest BCUT2D eigenvalue weighted by Gasteiger charge is 2.22. The summed E-state index contributed by atoms with van der Waals surface area (Å²) in [5, 5.41) is 6.56. The van der Waals surface area contributed by atoms with Crippen LogP contribution in [0.15, 0.2) is 0 Å². The molecule has 0 spiro atoms. The van der Waals surface area contributed by atoms with Gasteiger partial charge in [0.25, 0.3) is 0 Å². The Morgan fingerprint density at radius 1 is 1.41 bits per heavy atom. The van der Waals surface area contributed by atoms with Gasteiger partial charge in [-0.3, -0.25) is 4.79 Å². The van der Waals surface area contributed by atoms with E-state index in [4.69, 9.17) is 0 Å².